The van der Waals surface area contributed by atoms with Crippen molar-refractivity contribution in [3.8, 4) is 11.5 Å². The Morgan fingerprint density at radius 1 is 0.500 bits per heavy atom. The smallest absolute Gasteiger partial charge is 0.262 e. The fourth-order valence-corrected chi connectivity index (χ4v) is 7.59. The van der Waals surface area contributed by atoms with E-state index in [0.29, 0.717) is 59.4 Å². The Bertz CT molecular complexity index is 2760. The molecule has 0 unspecified atom stereocenters. The molecular weight excluding hydrogens is 841 g/mol. The SMILES string of the molecule is COc1ccc2ccc3ccc4c(c3c2c1)C(=O)N(CCNCCCCNCCN1C(=O)c2ccc3ccc5ccc(OC)cc5c3c2C1=O)C4=O.CS(=O)(=O)O.CS(=O)(=O)O. The van der Waals surface area contributed by atoms with Crippen LogP contribution in [0.15, 0.2) is 84.9 Å². The van der Waals surface area contributed by atoms with Gasteiger partial charge in [-0.2, -0.15) is 16.8 Å². The van der Waals surface area contributed by atoms with Gasteiger partial charge >= 0.3 is 0 Å². The molecule has 8 rings (SSSR count). The number of methoxy groups -OCH3 is 2. The lowest BCUT2D eigenvalue weighted by Crippen LogP contribution is -2.37. The van der Waals surface area contributed by atoms with Gasteiger partial charge in [-0.25, -0.2) is 0 Å². The summed E-state index contributed by atoms with van der Waals surface area (Å²) in [6.45, 7) is 2.98. The number of rotatable bonds is 13. The number of hydrogen-bond acceptors (Lipinski definition) is 12. The van der Waals surface area contributed by atoms with Crippen LogP contribution in [0.2, 0.25) is 0 Å². The highest BCUT2D eigenvalue weighted by Crippen LogP contribution is 2.38. The number of imide groups is 2. The first kappa shape index (κ1) is 45.5. The van der Waals surface area contributed by atoms with Gasteiger partial charge in [-0.05, 0) is 94.6 Å². The number of nitrogens with one attached hydrogen (secondary N) is 2. The highest BCUT2D eigenvalue weighted by atomic mass is 32.2. The van der Waals surface area contributed by atoms with Gasteiger partial charge in [0.05, 0.1) is 49.0 Å². The van der Waals surface area contributed by atoms with E-state index in [4.69, 9.17) is 18.6 Å². The van der Waals surface area contributed by atoms with Crippen LogP contribution < -0.4 is 20.1 Å². The standard InChI is InChI=1S/C42H38N4O6.2CH4O3S/c1-51-29-13-9-25-5-7-27-11-15-31-37(35(27)33(25)23-29)41(49)45(39(31)47)21-19-43-17-3-4-18-44-20-22-46-40(48)32-16-12-28-8-6-26-10-14-30(52-2)24-34(26)36(28)38(32)42(46)50;2*1-5(2,3)4/h5-16,23-24,43-44H,3-4,17-22H2,1-2H3;2*1H3,(H,2,3,4). The minimum Gasteiger partial charge on any atom is -0.497 e. The summed E-state index contributed by atoms with van der Waals surface area (Å²) >= 11 is 0. The fraction of sp³-hybridized carbons (Fsp3) is 0.273. The number of nitrogens with zero attached hydrogens (tertiary/aromatic N) is 2. The van der Waals surface area contributed by atoms with Crippen molar-refractivity contribution in [1.29, 1.82) is 0 Å². The predicted octanol–water partition coefficient (Wildman–Crippen LogP) is 5.18. The van der Waals surface area contributed by atoms with E-state index < -0.39 is 20.2 Å². The molecule has 326 valence electrons. The minimum absolute atomic E-state index is 0.271. The van der Waals surface area contributed by atoms with Crippen LogP contribution in [-0.4, -0.2) is 125 Å². The summed E-state index contributed by atoms with van der Waals surface area (Å²) in [5.41, 5.74) is 1.78. The molecule has 4 N–H and O–H groups in total. The second-order valence-corrected chi connectivity index (χ2v) is 17.6. The van der Waals surface area contributed by atoms with Crippen molar-refractivity contribution in [2.75, 3.05) is 66.0 Å². The van der Waals surface area contributed by atoms with Crippen LogP contribution in [0.4, 0.5) is 0 Å². The molecule has 2 heterocycles. The molecule has 0 atom stereocenters. The van der Waals surface area contributed by atoms with Gasteiger partial charge in [-0.15, -0.1) is 0 Å². The molecule has 0 aliphatic carbocycles. The number of hydrogen-bond donors (Lipinski definition) is 4. The minimum atomic E-state index is -3.67. The first-order valence-corrected chi connectivity index (χ1v) is 23.1. The summed E-state index contributed by atoms with van der Waals surface area (Å²) in [4.78, 5) is 56.5. The van der Waals surface area contributed by atoms with Gasteiger partial charge < -0.3 is 20.1 Å². The third-order valence-corrected chi connectivity index (χ3v) is 10.3. The quantitative estimate of drug-likeness (QED) is 0.0508. The molecule has 6 aromatic carbocycles. The first-order valence-electron chi connectivity index (χ1n) is 19.4. The Balaban J connectivity index is 0.000000578. The number of benzene rings is 6. The topological polar surface area (TPSA) is 226 Å². The Morgan fingerprint density at radius 3 is 1.18 bits per heavy atom. The summed E-state index contributed by atoms with van der Waals surface area (Å²) in [6, 6.07) is 26.8. The fourth-order valence-electron chi connectivity index (χ4n) is 7.59. The number of carbonyl (C=O) groups excluding carboxylic acids is 4. The third-order valence-electron chi connectivity index (χ3n) is 10.3. The summed E-state index contributed by atoms with van der Waals surface area (Å²) < 4.78 is 62.6. The molecule has 2 aliphatic heterocycles. The molecular formula is C44H46N4O12S2. The van der Waals surface area contributed by atoms with Gasteiger partial charge in [-0.1, -0.05) is 48.5 Å². The van der Waals surface area contributed by atoms with Crippen molar-refractivity contribution < 1.29 is 54.6 Å². The van der Waals surface area contributed by atoms with Crippen molar-refractivity contribution >= 4 is 87.0 Å². The third kappa shape index (κ3) is 10.4. The summed E-state index contributed by atoms with van der Waals surface area (Å²) in [5.74, 6) is 0.301. The molecule has 0 bridgehead atoms. The van der Waals surface area contributed by atoms with E-state index in [2.05, 4.69) is 10.6 Å². The van der Waals surface area contributed by atoms with Crippen LogP contribution in [-0.2, 0) is 20.2 Å². The zero-order valence-corrected chi connectivity index (χ0v) is 36.1. The molecule has 2 aliphatic rings. The molecule has 4 amide bonds. The Hall–Kier alpha value is -6.02. The van der Waals surface area contributed by atoms with E-state index in [9.17, 15) is 36.0 Å². The van der Waals surface area contributed by atoms with E-state index in [-0.39, 0.29) is 36.7 Å². The lowest BCUT2D eigenvalue weighted by Gasteiger charge is -2.15. The maximum absolute atomic E-state index is 13.6. The van der Waals surface area contributed by atoms with Crippen LogP contribution in [0.25, 0.3) is 43.1 Å². The van der Waals surface area contributed by atoms with Gasteiger partial charge in [0.25, 0.3) is 43.9 Å². The van der Waals surface area contributed by atoms with Crippen LogP contribution in [0.3, 0.4) is 0 Å². The van der Waals surface area contributed by atoms with E-state index in [1.807, 2.05) is 72.8 Å². The maximum Gasteiger partial charge on any atom is 0.262 e. The average molecular weight is 887 g/mol. The number of unbranched alkanes of at least 4 members (excludes halogenated alkanes) is 1. The maximum atomic E-state index is 13.6. The Morgan fingerprint density at radius 2 is 0.823 bits per heavy atom. The average Bonchev–Trinajstić information content (AvgIpc) is 3.62. The normalized spacial score (nSPS) is 13.6. The van der Waals surface area contributed by atoms with Gasteiger partial charge in [0.1, 0.15) is 11.5 Å². The number of amides is 4. The van der Waals surface area contributed by atoms with Crippen LogP contribution in [0.1, 0.15) is 54.3 Å². The number of ether oxygens (including phenoxy) is 2. The van der Waals surface area contributed by atoms with Crippen LogP contribution in [0.5, 0.6) is 11.5 Å². The van der Waals surface area contributed by atoms with Crippen molar-refractivity contribution in [2.24, 2.45) is 0 Å². The van der Waals surface area contributed by atoms with Gasteiger partial charge in [0, 0.05) is 37.0 Å². The lowest BCUT2D eigenvalue weighted by molar-refractivity contribution is 0.0640. The summed E-state index contributed by atoms with van der Waals surface area (Å²) in [7, 11) is -4.11. The number of fused-ring (bicyclic) bond motifs is 10. The zero-order valence-electron chi connectivity index (χ0n) is 34.4. The second-order valence-electron chi connectivity index (χ2n) is 14.7. The highest BCUT2D eigenvalue weighted by molar-refractivity contribution is 7.85. The van der Waals surface area contributed by atoms with Gasteiger partial charge in [-0.3, -0.25) is 38.1 Å². The van der Waals surface area contributed by atoms with Crippen molar-refractivity contribution in [1.82, 2.24) is 20.4 Å². The summed E-state index contributed by atoms with van der Waals surface area (Å²) in [6.07, 6.45) is 3.19. The van der Waals surface area contributed by atoms with Crippen molar-refractivity contribution in [3.63, 3.8) is 0 Å². The van der Waals surface area contributed by atoms with Gasteiger partial charge in [0.15, 0.2) is 0 Å². The van der Waals surface area contributed by atoms with E-state index in [1.54, 1.807) is 26.4 Å². The van der Waals surface area contributed by atoms with Crippen molar-refractivity contribution in [3.05, 3.63) is 107 Å². The molecule has 18 heteroatoms. The predicted molar refractivity (Wildman–Crippen MR) is 237 cm³/mol. The van der Waals surface area contributed by atoms with E-state index in [0.717, 1.165) is 69.0 Å². The van der Waals surface area contributed by atoms with Crippen molar-refractivity contribution in [2.45, 2.75) is 12.8 Å². The molecule has 0 saturated heterocycles. The van der Waals surface area contributed by atoms with Crippen LogP contribution in [0, 0.1) is 0 Å². The van der Waals surface area contributed by atoms with E-state index >= 15 is 0 Å². The molecule has 0 radical (unpaired) electrons. The molecule has 0 aromatic heterocycles. The zero-order chi connectivity index (χ0) is 44.9. The van der Waals surface area contributed by atoms with Gasteiger partial charge in [0.2, 0.25) is 0 Å². The molecule has 0 saturated carbocycles. The monoisotopic (exact) mass is 886 g/mol. The van der Waals surface area contributed by atoms with E-state index in [1.165, 1.54) is 9.80 Å². The molecule has 16 nitrogen and oxygen atoms in total. The molecule has 62 heavy (non-hydrogen) atoms. The number of carbonyl (C=O) groups is 4. The Kier molecular flexibility index (Phi) is 13.9. The molecule has 6 aromatic rings. The largest absolute Gasteiger partial charge is 0.497 e. The lowest BCUT2D eigenvalue weighted by atomic mass is 9.95. The first-order chi connectivity index (χ1) is 29.4. The second kappa shape index (κ2) is 18.9. The van der Waals surface area contributed by atoms with Crippen LogP contribution >= 0.6 is 0 Å². The molecule has 0 spiro atoms. The Labute approximate surface area is 358 Å². The molecule has 0 fully saturated rings. The highest BCUT2D eigenvalue weighted by Gasteiger charge is 2.38. The summed E-state index contributed by atoms with van der Waals surface area (Å²) in [5, 5.41) is 13.8.